The van der Waals surface area contributed by atoms with Crippen molar-refractivity contribution in [2.75, 3.05) is 39.8 Å². The molecule has 37 heavy (non-hydrogen) atoms. The highest BCUT2D eigenvalue weighted by molar-refractivity contribution is 7.57. The van der Waals surface area contributed by atoms with Gasteiger partial charge in [0.15, 0.2) is 18.9 Å². The number of pyridine rings is 1. The quantitative estimate of drug-likeness (QED) is 0.119. The molecule has 1 heterocycles. The predicted molar refractivity (Wildman–Crippen MR) is 149 cm³/mol. The number of hydrogen-bond donors (Lipinski definition) is 0. The molecule has 208 valence electrons. The summed E-state index contributed by atoms with van der Waals surface area (Å²) in [6, 6.07) is 3.41. The van der Waals surface area contributed by atoms with Crippen molar-refractivity contribution in [3.8, 4) is 11.5 Å². The first-order chi connectivity index (χ1) is 17.7. The van der Waals surface area contributed by atoms with Crippen LogP contribution < -0.4 is 14.9 Å². The lowest BCUT2D eigenvalue weighted by atomic mass is 10.1. The zero-order chi connectivity index (χ0) is 27.3. The van der Waals surface area contributed by atoms with Gasteiger partial charge in [-0.3, -0.25) is 9.36 Å². The van der Waals surface area contributed by atoms with E-state index in [1.54, 1.807) is 37.0 Å². The summed E-state index contributed by atoms with van der Waals surface area (Å²) in [5.74, 6) is 0.324. The minimum atomic E-state index is -2.68. The fourth-order valence-corrected chi connectivity index (χ4v) is 4.62. The topological polar surface area (TPSA) is 93.1 Å². The number of carbonyl (C=O) groups is 1. The average Bonchev–Trinajstić information content (AvgIpc) is 2.84. The van der Waals surface area contributed by atoms with Crippen molar-refractivity contribution in [3.63, 3.8) is 0 Å². The molecule has 1 aromatic carbocycles. The van der Waals surface area contributed by atoms with Gasteiger partial charge in [0.1, 0.15) is 5.56 Å². The molecule has 0 unspecified atom stereocenters. The largest absolute Gasteiger partial charge is 0.490 e. The monoisotopic (exact) mass is 537 g/mol. The number of fused-ring (bicyclic) bond motifs is 1. The van der Waals surface area contributed by atoms with E-state index in [2.05, 4.69) is 6.92 Å². The zero-order valence-corrected chi connectivity index (χ0v) is 24.1. The predicted octanol–water partition coefficient (Wildman–Crippen LogP) is 6.65. The number of nitrogens with zero attached hydrogens (tertiary/aromatic N) is 1. The van der Waals surface area contributed by atoms with Crippen molar-refractivity contribution in [1.29, 1.82) is 0 Å². The second kappa shape index (κ2) is 15.8. The van der Waals surface area contributed by atoms with Crippen LogP contribution in [0.1, 0.15) is 82.5 Å². The Morgan fingerprint density at radius 2 is 1.51 bits per heavy atom. The maximum Gasteiger partial charge on any atom is 0.343 e. The van der Waals surface area contributed by atoms with Crippen LogP contribution in [-0.2, 0) is 20.4 Å². The molecule has 0 amide bonds. The summed E-state index contributed by atoms with van der Waals surface area (Å²) < 4.78 is 36.2. The molecule has 0 fully saturated rings. The summed E-state index contributed by atoms with van der Waals surface area (Å²) in [6.45, 7) is 10.4. The van der Waals surface area contributed by atoms with Gasteiger partial charge in [-0.15, -0.1) is 0 Å². The Morgan fingerprint density at radius 3 is 2.14 bits per heavy atom. The molecule has 0 saturated carbocycles. The maximum atomic E-state index is 13.3. The zero-order valence-electron chi connectivity index (χ0n) is 23.2. The third kappa shape index (κ3) is 10.2. The fourth-order valence-electron chi connectivity index (χ4n) is 4.10. The number of carbonyl (C=O) groups excluding carboxylic acids is 1. The first-order valence-electron chi connectivity index (χ1n) is 13.5. The van der Waals surface area contributed by atoms with Gasteiger partial charge in [0.2, 0.25) is 5.43 Å². The summed E-state index contributed by atoms with van der Waals surface area (Å²) in [6.07, 6.45) is 11.0. The van der Waals surface area contributed by atoms with Gasteiger partial charge in [-0.05, 0) is 26.3 Å². The molecule has 0 aliphatic rings. The van der Waals surface area contributed by atoms with Crippen LogP contribution in [0.3, 0.4) is 0 Å². The van der Waals surface area contributed by atoms with E-state index in [1.807, 2.05) is 6.92 Å². The molecule has 2 rings (SSSR count). The van der Waals surface area contributed by atoms with Gasteiger partial charge in [-0.25, -0.2) is 4.79 Å². The molecular formula is C28H44NO7P. The molecule has 0 saturated heterocycles. The number of unbranched alkanes of at least 4 members (excludes halogenated alkanes) is 7. The molecule has 0 spiro atoms. The summed E-state index contributed by atoms with van der Waals surface area (Å²) in [5.41, 5.74) is 0.0810. The molecule has 0 aliphatic carbocycles. The minimum Gasteiger partial charge on any atom is -0.490 e. The third-order valence-corrected chi connectivity index (χ3v) is 6.74. The molecule has 0 aliphatic heterocycles. The van der Waals surface area contributed by atoms with E-state index in [0.29, 0.717) is 42.2 Å². The lowest BCUT2D eigenvalue weighted by Crippen LogP contribution is -2.22. The smallest absolute Gasteiger partial charge is 0.343 e. The fraction of sp³-hybridized carbons (Fsp3) is 0.643. The Labute approximate surface area is 221 Å². The van der Waals surface area contributed by atoms with E-state index in [1.165, 1.54) is 44.7 Å². The Balaban J connectivity index is 2.29. The number of benzene rings is 1. The third-order valence-electron chi connectivity index (χ3n) is 5.93. The van der Waals surface area contributed by atoms with E-state index in [4.69, 9.17) is 18.7 Å². The van der Waals surface area contributed by atoms with Gasteiger partial charge < -0.3 is 23.3 Å². The average molecular weight is 538 g/mol. The van der Waals surface area contributed by atoms with Crippen LogP contribution >= 0.6 is 7.37 Å². The number of aromatic nitrogens is 1. The first-order valence-corrected chi connectivity index (χ1v) is 16.1. The summed E-state index contributed by atoms with van der Waals surface area (Å²) in [7, 11) is -2.68. The van der Waals surface area contributed by atoms with Crippen LogP contribution in [0.2, 0.25) is 0 Å². The van der Waals surface area contributed by atoms with Gasteiger partial charge in [0.25, 0.3) is 0 Å². The van der Waals surface area contributed by atoms with Crippen molar-refractivity contribution in [2.24, 2.45) is 0 Å². The SMILES string of the molecule is CCCCCCCCCCOc1cc2c(=O)c(C(=O)OCC)cn(CCOP(C)(C)=O)c2cc1OCC. The van der Waals surface area contributed by atoms with Crippen molar-refractivity contribution >= 4 is 24.2 Å². The van der Waals surface area contributed by atoms with Gasteiger partial charge >= 0.3 is 5.97 Å². The lowest BCUT2D eigenvalue weighted by Gasteiger charge is -2.18. The summed E-state index contributed by atoms with van der Waals surface area (Å²) in [5, 5.41) is 0.330. The van der Waals surface area contributed by atoms with Crippen LogP contribution in [0, 0.1) is 0 Å². The normalized spacial score (nSPS) is 11.6. The molecule has 0 atom stereocenters. The van der Waals surface area contributed by atoms with Crippen LogP contribution in [0.25, 0.3) is 10.9 Å². The lowest BCUT2D eigenvalue weighted by molar-refractivity contribution is 0.0524. The van der Waals surface area contributed by atoms with Crippen LogP contribution in [0.5, 0.6) is 11.5 Å². The molecule has 0 bridgehead atoms. The standard InChI is InChI=1S/C28H44NO7P/c1-6-9-10-11-12-13-14-15-17-35-25-19-22-24(20-26(25)33-7-2)29(16-18-36-37(4,5)32)21-23(27(22)30)28(31)34-8-3/h19-21H,6-18H2,1-5H3. The highest BCUT2D eigenvalue weighted by Crippen LogP contribution is 2.37. The van der Waals surface area contributed by atoms with Crippen molar-refractivity contribution in [3.05, 3.63) is 34.1 Å². The second-order valence-corrected chi connectivity index (χ2v) is 12.2. The highest BCUT2D eigenvalue weighted by atomic mass is 31.2. The van der Waals surface area contributed by atoms with Crippen molar-refractivity contribution in [2.45, 2.75) is 78.7 Å². The molecule has 0 radical (unpaired) electrons. The number of ether oxygens (including phenoxy) is 3. The Bertz CT molecular complexity index is 1110. The van der Waals surface area contributed by atoms with E-state index < -0.39 is 18.8 Å². The molecule has 1 aromatic heterocycles. The Kier molecular flexibility index (Phi) is 13.2. The van der Waals surface area contributed by atoms with Gasteiger partial charge in [-0.1, -0.05) is 51.9 Å². The number of rotatable bonds is 18. The molecule has 2 aromatic rings. The molecule has 0 N–H and O–H groups in total. The molecule has 8 nitrogen and oxygen atoms in total. The molecular weight excluding hydrogens is 493 g/mol. The van der Waals surface area contributed by atoms with E-state index in [0.717, 1.165) is 12.8 Å². The second-order valence-electron chi connectivity index (χ2n) is 9.44. The number of esters is 1. The maximum absolute atomic E-state index is 13.3. The van der Waals surface area contributed by atoms with E-state index in [9.17, 15) is 14.2 Å². The van der Waals surface area contributed by atoms with E-state index in [-0.39, 0.29) is 18.8 Å². The van der Waals surface area contributed by atoms with Crippen LogP contribution in [-0.4, -0.2) is 50.3 Å². The van der Waals surface area contributed by atoms with Crippen LogP contribution in [0.4, 0.5) is 0 Å². The summed E-state index contributed by atoms with van der Waals surface area (Å²) in [4.78, 5) is 25.8. The van der Waals surface area contributed by atoms with Crippen molar-refractivity contribution in [1.82, 2.24) is 4.57 Å². The Hall–Kier alpha value is -2.31. The minimum absolute atomic E-state index is 0.0660. The number of hydrogen-bond acceptors (Lipinski definition) is 7. The Morgan fingerprint density at radius 1 is 0.865 bits per heavy atom. The highest BCUT2D eigenvalue weighted by Gasteiger charge is 2.20. The van der Waals surface area contributed by atoms with Crippen molar-refractivity contribution < 1.29 is 28.1 Å². The van der Waals surface area contributed by atoms with E-state index >= 15 is 0 Å². The first kappa shape index (κ1) is 30.9. The van der Waals surface area contributed by atoms with Gasteiger partial charge in [0, 0.05) is 32.1 Å². The van der Waals surface area contributed by atoms with Gasteiger partial charge in [-0.2, -0.15) is 0 Å². The summed E-state index contributed by atoms with van der Waals surface area (Å²) >= 11 is 0. The van der Waals surface area contributed by atoms with Crippen LogP contribution in [0.15, 0.2) is 23.1 Å². The molecule has 9 heteroatoms. The van der Waals surface area contributed by atoms with Gasteiger partial charge in [0.05, 0.1) is 37.3 Å².